The van der Waals surface area contributed by atoms with E-state index in [1.807, 2.05) is 26.1 Å². The van der Waals surface area contributed by atoms with Gasteiger partial charge in [-0.05, 0) is 26.0 Å². The molecule has 15 heavy (non-hydrogen) atoms. The van der Waals surface area contributed by atoms with Gasteiger partial charge in [0.05, 0.1) is 6.20 Å². The van der Waals surface area contributed by atoms with Crippen LogP contribution < -0.4 is 0 Å². The second-order valence-electron chi connectivity index (χ2n) is 3.69. The molecule has 0 unspecified atom stereocenters. The van der Waals surface area contributed by atoms with Crippen molar-refractivity contribution in [2.75, 3.05) is 0 Å². The molecule has 3 nitrogen and oxygen atoms in total. The maximum Gasteiger partial charge on any atom is 0.123 e. The minimum atomic E-state index is -0.258. The van der Waals surface area contributed by atoms with Crippen LogP contribution in [-0.4, -0.2) is 15.0 Å². The summed E-state index contributed by atoms with van der Waals surface area (Å²) in [6.45, 7) is 4.04. The van der Waals surface area contributed by atoms with Crippen LogP contribution in [0, 0.1) is 5.82 Å². The van der Waals surface area contributed by atoms with Gasteiger partial charge in [0.1, 0.15) is 11.5 Å². The molecule has 1 aromatic heterocycles. The van der Waals surface area contributed by atoms with Crippen molar-refractivity contribution in [2.24, 2.45) is 0 Å². The van der Waals surface area contributed by atoms with Crippen molar-refractivity contribution in [3.05, 3.63) is 36.3 Å². The van der Waals surface area contributed by atoms with E-state index in [-0.39, 0.29) is 11.9 Å². The van der Waals surface area contributed by atoms with Gasteiger partial charge in [-0.15, -0.1) is 5.10 Å². The van der Waals surface area contributed by atoms with Crippen LogP contribution in [0.15, 0.2) is 30.5 Å². The summed E-state index contributed by atoms with van der Waals surface area (Å²) in [4.78, 5) is 0. The van der Waals surface area contributed by atoms with Crippen LogP contribution in [0.2, 0.25) is 0 Å². The fourth-order valence-electron chi connectivity index (χ4n) is 1.31. The molecule has 0 fully saturated rings. The van der Waals surface area contributed by atoms with Crippen molar-refractivity contribution >= 4 is 0 Å². The van der Waals surface area contributed by atoms with E-state index < -0.39 is 0 Å². The van der Waals surface area contributed by atoms with Gasteiger partial charge >= 0.3 is 0 Å². The number of halogens is 1. The second kappa shape index (κ2) is 3.81. The van der Waals surface area contributed by atoms with Crippen LogP contribution in [-0.2, 0) is 0 Å². The summed E-state index contributed by atoms with van der Waals surface area (Å²) in [7, 11) is 0. The van der Waals surface area contributed by atoms with E-state index in [1.54, 1.807) is 10.7 Å². The fourth-order valence-corrected chi connectivity index (χ4v) is 1.31. The molecule has 0 atom stereocenters. The van der Waals surface area contributed by atoms with Crippen LogP contribution in [0.3, 0.4) is 0 Å². The molecule has 0 N–H and O–H groups in total. The summed E-state index contributed by atoms with van der Waals surface area (Å²) in [6.07, 6.45) is 1.82. The third-order valence-corrected chi connectivity index (χ3v) is 2.16. The number of nitrogens with zero attached hydrogens (tertiary/aromatic N) is 3. The predicted molar refractivity (Wildman–Crippen MR) is 55.8 cm³/mol. The third kappa shape index (κ3) is 2.03. The monoisotopic (exact) mass is 205 g/mol. The molecule has 0 radical (unpaired) electrons. The first-order valence-electron chi connectivity index (χ1n) is 4.84. The van der Waals surface area contributed by atoms with E-state index in [0.29, 0.717) is 5.69 Å². The van der Waals surface area contributed by atoms with Crippen molar-refractivity contribution in [2.45, 2.75) is 19.9 Å². The molecule has 0 bridgehead atoms. The highest BCUT2D eigenvalue weighted by molar-refractivity contribution is 5.57. The van der Waals surface area contributed by atoms with Crippen LogP contribution in [0.4, 0.5) is 4.39 Å². The van der Waals surface area contributed by atoms with E-state index >= 15 is 0 Å². The van der Waals surface area contributed by atoms with Gasteiger partial charge in [-0.1, -0.05) is 17.3 Å². The van der Waals surface area contributed by atoms with Gasteiger partial charge in [-0.3, -0.25) is 0 Å². The summed E-state index contributed by atoms with van der Waals surface area (Å²) in [5.41, 5.74) is 1.45. The first-order chi connectivity index (χ1) is 7.16. The quantitative estimate of drug-likeness (QED) is 0.754. The Kier molecular flexibility index (Phi) is 2.49. The molecule has 2 rings (SSSR count). The molecule has 0 spiro atoms. The smallest absolute Gasteiger partial charge is 0.123 e. The van der Waals surface area contributed by atoms with Gasteiger partial charge in [-0.25, -0.2) is 9.07 Å². The Hall–Kier alpha value is -1.71. The van der Waals surface area contributed by atoms with Crippen molar-refractivity contribution in [1.29, 1.82) is 0 Å². The van der Waals surface area contributed by atoms with Crippen molar-refractivity contribution in [3.63, 3.8) is 0 Å². The standard InChI is InChI=1S/C11H12FN3/c1-8(2)15-7-11(13-14-15)9-4-3-5-10(12)6-9/h3-8H,1-2H3. The second-order valence-corrected chi connectivity index (χ2v) is 3.69. The SMILES string of the molecule is CC(C)n1cc(-c2cccc(F)c2)nn1. The topological polar surface area (TPSA) is 30.7 Å². The molecule has 78 valence electrons. The largest absolute Gasteiger partial charge is 0.249 e. The first-order valence-corrected chi connectivity index (χ1v) is 4.84. The Morgan fingerprint density at radius 2 is 2.13 bits per heavy atom. The van der Waals surface area contributed by atoms with Gasteiger partial charge in [0.25, 0.3) is 0 Å². The molecule has 0 aliphatic rings. The molecule has 1 heterocycles. The van der Waals surface area contributed by atoms with E-state index in [4.69, 9.17) is 0 Å². The van der Waals surface area contributed by atoms with Crippen LogP contribution >= 0.6 is 0 Å². The molecule has 2 aromatic rings. The van der Waals surface area contributed by atoms with Crippen LogP contribution in [0.1, 0.15) is 19.9 Å². The highest BCUT2D eigenvalue weighted by Crippen LogP contribution is 2.17. The number of aromatic nitrogens is 3. The summed E-state index contributed by atoms with van der Waals surface area (Å²) in [5.74, 6) is -0.258. The van der Waals surface area contributed by atoms with Gasteiger partial charge in [0.15, 0.2) is 0 Å². The lowest BCUT2D eigenvalue weighted by atomic mass is 10.2. The van der Waals surface area contributed by atoms with Crippen LogP contribution in [0.5, 0.6) is 0 Å². The van der Waals surface area contributed by atoms with Crippen molar-refractivity contribution in [3.8, 4) is 11.3 Å². The molecule has 4 heteroatoms. The van der Waals surface area contributed by atoms with Crippen LogP contribution in [0.25, 0.3) is 11.3 Å². The lowest BCUT2D eigenvalue weighted by molar-refractivity contribution is 0.514. The van der Waals surface area contributed by atoms with Crippen molar-refractivity contribution in [1.82, 2.24) is 15.0 Å². The molecular weight excluding hydrogens is 193 g/mol. The number of hydrogen-bond acceptors (Lipinski definition) is 2. The highest BCUT2D eigenvalue weighted by atomic mass is 19.1. The lowest BCUT2D eigenvalue weighted by Gasteiger charge is -2.01. The zero-order valence-electron chi connectivity index (χ0n) is 8.68. The van der Waals surface area contributed by atoms with Crippen molar-refractivity contribution < 1.29 is 4.39 Å². The normalized spacial score (nSPS) is 10.9. The van der Waals surface area contributed by atoms with E-state index in [9.17, 15) is 4.39 Å². The third-order valence-electron chi connectivity index (χ3n) is 2.16. The number of benzene rings is 1. The Balaban J connectivity index is 2.37. The average Bonchev–Trinajstić information content (AvgIpc) is 2.66. The Labute approximate surface area is 87.5 Å². The molecule has 0 aliphatic heterocycles. The van der Waals surface area contributed by atoms with Gasteiger partial charge in [-0.2, -0.15) is 0 Å². The first kappa shape index (κ1) is 9.83. The summed E-state index contributed by atoms with van der Waals surface area (Å²) in [5, 5.41) is 7.96. The number of hydrogen-bond donors (Lipinski definition) is 0. The summed E-state index contributed by atoms with van der Waals surface area (Å²) in [6, 6.07) is 6.61. The van der Waals surface area contributed by atoms with E-state index in [0.717, 1.165) is 5.56 Å². The van der Waals surface area contributed by atoms with E-state index in [1.165, 1.54) is 12.1 Å². The molecule has 0 aliphatic carbocycles. The summed E-state index contributed by atoms with van der Waals surface area (Å²) < 4.78 is 14.7. The van der Waals surface area contributed by atoms with E-state index in [2.05, 4.69) is 10.3 Å². The molecule has 0 amide bonds. The Morgan fingerprint density at radius 3 is 2.73 bits per heavy atom. The Bertz CT molecular complexity index is 462. The zero-order chi connectivity index (χ0) is 10.8. The van der Waals surface area contributed by atoms with Gasteiger partial charge in [0, 0.05) is 11.6 Å². The molecule has 1 aromatic carbocycles. The minimum Gasteiger partial charge on any atom is -0.249 e. The summed E-state index contributed by atoms with van der Waals surface area (Å²) >= 11 is 0. The van der Waals surface area contributed by atoms with Gasteiger partial charge in [0.2, 0.25) is 0 Å². The molecule has 0 saturated carbocycles. The highest BCUT2D eigenvalue weighted by Gasteiger charge is 2.06. The fraction of sp³-hybridized carbons (Fsp3) is 0.273. The molecule has 0 saturated heterocycles. The number of rotatable bonds is 2. The lowest BCUT2D eigenvalue weighted by Crippen LogP contribution is -2.00. The van der Waals surface area contributed by atoms with Gasteiger partial charge < -0.3 is 0 Å². The maximum atomic E-state index is 13.0. The minimum absolute atomic E-state index is 0.258. The predicted octanol–water partition coefficient (Wildman–Crippen LogP) is 2.67. The maximum absolute atomic E-state index is 13.0. The zero-order valence-corrected chi connectivity index (χ0v) is 8.68. The average molecular weight is 205 g/mol. The molecular formula is C11H12FN3. The Morgan fingerprint density at radius 1 is 1.33 bits per heavy atom.